The Labute approximate surface area is 83.1 Å². The second-order valence-corrected chi connectivity index (χ2v) is 5.98. The molecule has 0 aromatic heterocycles. The molecule has 12 heavy (non-hydrogen) atoms. The van der Waals surface area contributed by atoms with E-state index in [9.17, 15) is 4.79 Å². The summed E-state index contributed by atoms with van der Waals surface area (Å²) in [4.78, 5) is 11.7. The van der Waals surface area contributed by atoms with Gasteiger partial charge in [0.15, 0.2) is 5.78 Å². The quantitative estimate of drug-likeness (QED) is 0.655. The monoisotopic (exact) mass is 202 g/mol. The lowest BCUT2D eigenvalue weighted by atomic mass is 9.77. The first-order valence-electron chi connectivity index (χ1n) is 4.33. The van der Waals surface area contributed by atoms with Gasteiger partial charge in [-0.2, -0.15) is 12.6 Å². The molecule has 0 aromatic carbocycles. The molecule has 0 amide bonds. The van der Waals surface area contributed by atoms with Crippen molar-refractivity contribution in [2.75, 3.05) is 11.5 Å². The van der Waals surface area contributed by atoms with E-state index in [1.165, 1.54) is 0 Å². The van der Waals surface area contributed by atoms with E-state index < -0.39 is 0 Å². The number of ketones is 1. The summed E-state index contributed by atoms with van der Waals surface area (Å²) in [6.07, 6.45) is 0.792. The Balaban J connectivity index is 2.46. The molecule has 1 aliphatic heterocycles. The highest BCUT2D eigenvalue weighted by Gasteiger charge is 2.64. The lowest BCUT2D eigenvalue weighted by molar-refractivity contribution is -0.119. The van der Waals surface area contributed by atoms with E-state index in [0.717, 1.165) is 12.2 Å². The van der Waals surface area contributed by atoms with Crippen molar-refractivity contribution in [3.63, 3.8) is 0 Å². The van der Waals surface area contributed by atoms with Gasteiger partial charge in [-0.3, -0.25) is 4.79 Å². The summed E-state index contributed by atoms with van der Waals surface area (Å²) in [5, 5.41) is 0. The fourth-order valence-electron chi connectivity index (χ4n) is 2.45. The molecule has 2 fully saturated rings. The Kier molecular flexibility index (Phi) is 1.82. The lowest BCUT2D eigenvalue weighted by Gasteiger charge is -2.33. The predicted octanol–water partition coefficient (Wildman–Crippen LogP) is 2.02. The molecule has 1 saturated carbocycles. The topological polar surface area (TPSA) is 17.1 Å². The molecule has 2 aliphatic rings. The summed E-state index contributed by atoms with van der Waals surface area (Å²) in [5.41, 5.74) is 0.177. The van der Waals surface area contributed by atoms with Crippen LogP contribution in [0.25, 0.3) is 0 Å². The van der Waals surface area contributed by atoms with Crippen LogP contribution < -0.4 is 0 Å². The smallest absolute Gasteiger partial charge is 0.150 e. The van der Waals surface area contributed by atoms with E-state index in [4.69, 9.17) is 0 Å². The van der Waals surface area contributed by atoms with Crippen LogP contribution in [0.2, 0.25) is 0 Å². The van der Waals surface area contributed by atoms with Crippen molar-refractivity contribution in [2.45, 2.75) is 25.0 Å². The molecule has 2 unspecified atom stereocenters. The molecule has 0 aromatic rings. The van der Waals surface area contributed by atoms with Crippen molar-refractivity contribution >= 4 is 30.2 Å². The average molecular weight is 202 g/mol. The SMILES string of the molecule is CC1(C)C2CSC1(CS)C(=O)C2. The summed E-state index contributed by atoms with van der Waals surface area (Å²) in [7, 11) is 0. The van der Waals surface area contributed by atoms with Crippen molar-refractivity contribution < 1.29 is 4.79 Å². The maximum atomic E-state index is 11.7. The number of hydrogen-bond acceptors (Lipinski definition) is 3. The van der Waals surface area contributed by atoms with Crippen molar-refractivity contribution in [1.29, 1.82) is 0 Å². The van der Waals surface area contributed by atoms with E-state index in [-0.39, 0.29) is 10.2 Å². The maximum Gasteiger partial charge on any atom is 0.150 e. The van der Waals surface area contributed by atoms with Crippen LogP contribution in [0.4, 0.5) is 0 Å². The Morgan fingerprint density at radius 1 is 1.67 bits per heavy atom. The van der Waals surface area contributed by atoms with E-state index >= 15 is 0 Å². The molecule has 1 nitrogen and oxygen atoms in total. The molecular weight excluding hydrogens is 188 g/mol. The van der Waals surface area contributed by atoms with Gasteiger partial charge in [-0.05, 0) is 17.1 Å². The van der Waals surface area contributed by atoms with Gasteiger partial charge in [0.05, 0.1) is 4.75 Å². The van der Waals surface area contributed by atoms with Gasteiger partial charge < -0.3 is 0 Å². The van der Waals surface area contributed by atoms with E-state index in [1.54, 1.807) is 0 Å². The molecule has 1 aliphatic carbocycles. The van der Waals surface area contributed by atoms with Crippen molar-refractivity contribution in [3.8, 4) is 0 Å². The van der Waals surface area contributed by atoms with E-state index in [1.807, 2.05) is 11.8 Å². The minimum atomic E-state index is -0.152. The average Bonchev–Trinajstić information content (AvgIpc) is 2.36. The van der Waals surface area contributed by atoms with E-state index in [2.05, 4.69) is 26.5 Å². The Hall–Kier alpha value is 0.370. The second kappa shape index (κ2) is 2.44. The van der Waals surface area contributed by atoms with Crippen LogP contribution in [-0.4, -0.2) is 22.0 Å². The summed E-state index contributed by atoms with van der Waals surface area (Å²) in [6, 6.07) is 0. The number of fused-ring (bicyclic) bond motifs is 2. The minimum Gasteiger partial charge on any atom is -0.298 e. The van der Waals surface area contributed by atoms with Crippen molar-refractivity contribution in [2.24, 2.45) is 11.3 Å². The molecule has 2 rings (SSSR count). The molecule has 0 spiro atoms. The third-order valence-electron chi connectivity index (χ3n) is 3.70. The second-order valence-electron chi connectivity index (χ2n) is 4.34. The van der Waals surface area contributed by atoms with Gasteiger partial charge in [0.2, 0.25) is 0 Å². The summed E-state index contributed by atoms with van der Waals surface area (Å²) in [5.74, 6) is 2.89. The van der Waals surface area contributed by atoms with Crippen LogP contribution in [0.3, 0.4) is 0 Å². The van der Waals surface area contributed by atoms with Gasteiger partial charge in [0.1, 0.15) is 0 Å². The van der Waals surface area contributed by atoms with Crippen LogP contribution in [0.15, 0.2) is 0 Å². The zero-order valence-electron chi connectivity index (χ0n) is 7.46. The fourth-order valence-corrected chi connectivity index (χ4v) is 5.20. The van der Waals surface area contributed by atoms with Gasteiger partial charge in [0, 0.05) is 12.2 Å². The normalized spacial score (nSPS) is 43.9. The Bertz CT molecular complexity index is 237. The minimum absolute atomic E-state index is 0.152. The first-order valence-corrected chi connectivity index (χ1v) is 5.94. The molecule has 0 radical (unpaired) electrons. The molecule has 68 valence electrons. The number of thiol groups is 1. The largest absolute Gasteiger partial charge is 0.298 e. The van der Waals surface area contributed by atoms with Crippen LogP contribution in [0.5, 0.6) is 0 Å². The van der Waals surface area contributed by atoms with Gasteiger partial charge in [0.25, 0.3) is 0 Å². The molecule has 0 N–H and O–H groups in total. The van der Waals surface area contributed by atoms with Crippen LogP contribution >= 0.6 is 24.4 Å². The number of Topliss-reactive ketones (excluding diaryl/α,β-unsaturated/α-hetero) is 1. The number of hydrogen-bond donors (Lipinski definition) is 1. The zero-order valence-corrected chi connectivity index (χ0v) is 9.17. The third kappa shape index (κ3) is 0.771. The van der Waals surface area contributed by atoms with Crippen LogP contribution in [-0.2, 0) is 4.79 Å². The van der Waals surface area contributed by atoms with Crippen molar-refractivity contribution in [3.05, 3.63) is 0 Å². The summed E-state index contributed by atoms with van der Waals surface area (Å²) >= 11 is 6.17. The fraction of sp³-hybridized carbons (Fsp3) is 0.889. The van der Waals surface area contributed by atoms with Crippen LogP contribution in [0, 0.1) is 11.3 Å². The molecule has 2 atom stereocenters. The first kappa shape index (κ1) is 8.95. The Morgan fingerprint density at radius 3 is 2.58 bits per heavy atom. The number of rotatable bonds is 1. The maximum absolute atomic E-state index is 11.7. The third-order valence-corrected chi connectivity index (χ3v) is 6.35. The molecule has 1 heterocycles. The highest BCUT2D eigenvalue weighted by molar-refractivity contribution is 8.02. The summed E-state index contributed by atoms with van der Waals surface area (Å²) < 4.78 is -0.152. The highest BCUT2D eigenvalue weighted by Crippen LogP contribution is 2.62. The number of carbonyl (C=O) groups excluding carboxylic acids is 1. The number of thioether (sulfide) groups is 1. The highest BCUT2D eigenvalue weighted by atomic mass is 32.2. The lowest BCUT2D eigenvalue weighted by Crippen LogP contribution is -2.42. The van der Waals surface area contributed by atoms with Crippen molar-refractivity contribution in [1.82, 2.24) is 0 Å². The molecule has 2 bridgehead atoms. The van der Waals surface area contributed by atoms with Gasteiger partial charge >= 0.3 is 0 Å². The molecule has 3 heteroatoms. The van der Waals surface area contributed by atoms with Gasteiger partial charge in [-0.15, -0.1) is 11.8 Å². The predicted molar refractivity (Wildman–Crippen MR) is 55.9 cm³/mol. The zero-order chi connectivity index (χ0) is 8.98. The van der Waals surface area contributed by atoms with Crippen LogP contribution in [0.1, 0.15) is 20.3 Å². The summed E-state index contributed by atoms with van der Waals surface area (Å²) in [6.45, 7) is 4.44. The number of carbonyl (C=O) groups is 1. The Morgan fingerprint density at radius 2 is 2.33 bits per heavy atom. The molecular formula is C9H14OS2. The standard InChI is InChI=1S/C9H14OS2/c1-8(2)6-3-7(10)9(8,5-11)12-4-6/h6,11H,3-5H2,1-2H3. The van der Waals surface area contributed by atoms with Gasteiger partial charge in [-0.1, -0.05) is 13.8 Å². The molecule has 1 saturated heterocycles. The van der Waals surface area contributed by atoms with Gasteiger partial charge in [-0.25, -0.2) is 0 Å². The first-order chi connectivity index (χ1) is 5.54. The van der Waals surface area contributed by atoms with E-state index in [0.29, 0.717) is 17.5 Å².